The predicted molar refractivity (Wildman–Crippen MR) is 43.6 cm³/mol. The van der Waals surface area contributed by atoms with Gasteiger partial charge in [-0.3, -0.25) is 10.1 Å². The Balaban J connectivity index is -0.000000125. The molecule has 0 unspecified atom stereocenters. The summed E-state index contributed by atoms with van der Waals surface area (Å²) >= 11 is 0. The monoisotopic (exact) mass is 269 g/mol. The Morgan fingerprint density at radius 2 is 1.57 bits per heavy atom. The summed E-state index contributed by atoms with van der Waals surface area (Å²) in [5.74, 6) is 0. The summed E-state index contributed by atoms with van der Waals surface area (Å²) in [5.41, 5.74) is 0.884. The summed E-state index contributed by atoms with van der Waals surface area (Å²) in [4.78, 5) is 9.85. The minimum Gasteiger partial charge on any atom is -1.00 e. The van der Waals surface area contributed by atoms with Crippen LogP contribution in [0, 0.1) is 17.0 Å². The second-order valence-corrected chi connectivity index (χ2v) is 2.04. The molecule has 0 bridgehead atoms. The fourth-order valence-electron chi connectivity index (χ4n) is 0.768. The number of hydrogen-bond donors (Lipinski definition) is 0. The van der Waals surface area contributed by atoms with E-state index in [4.69, 9.17) is 0 Å². The van der Waals surface area contributed by atoms with Gasteiger partial charge in [-0.15, -0.1) is 0 Å². The van der Waals surface area contributed by atoms with Gasteiger partial charge in [0.05, 0.1) is 4.92 Å². The maximum Gasteiger partial charge on any atom is 3.00 e. The molecule has 0 aliphatic carbocycles. The Labute approximate surface area is 112 Å². The van der Waals surface area contributed by atoms with Crippen molar-refractivity contribution in [1.29, 1.82) is 0 Å². The first-order chi connectivity index (χ1) is 4.72. The Bertz CT molecular complexity index is 273. The van der Waals surface area contributed by atoms with Crippen molar-refractivity contribution in [2.45, 2.75) is 6.92 Å². The molecular weight excluding hydrogens is 263 g/mol. The molecule has 3 nitrogen and oxygen atoms in total. The van der Waals surface area contributed by atoms with Gasteiger partial charge in [0.15, 0.2) is 0 Å². The van der Waals surface area contributed by atoms with Crippen molar-refractivity contribution in [3.63, 3.8) is 0 Å². The Hall–Kier alpha value is 0.0225. The van der Waals surface area contributed by atoms with Crippen molar-refractivity contribution >= 4 is 23.0 Å². The van der Waals surface area contributed by atoms with Crippen LogP contribution in [0.2, 0.25) is 0 Å². The van der Waals surface area contributed by atoms with Crippen LogP contribution >= 0.6 is 0 Å². The van der Waals surface area contributed by atoms with Gasteiger partial charge in [-0.1, -0.05) is 18.2 Å². The first-order valence-electron chi connectivity index (χ1n) is 2.92. The van der Waals surface area contributed by atoms with E-state index in [0.717, 1.165) is 0 Å². The van der Waals surface area contributed by atoms with E-state index < -0.39 is 0 Å². The van der Waals surface area contributed by atoms with Gasteiger partial charge in [-0.25, -0.2) is 0 Å². The average molecular weight is 270 g/mol. The normalized spacial score (nSPS) is 6.64. The maximum absolute atomic E-state index is 10.2. The maximum atomic E-state index is 10.2. The van der Waals surface area contributed by atoms with Crippen LogP contribution in [0.3, 0.4) is 0 Å². The van der Waals surface area contributed by atoms with E-state index >= 15 is 0 Å². The molecule has 0 radical (unpaired) electrons. The molecule has 0 aromatic heterocycles. The molecule has 1 aromatic rings. The van der Waals surface area contributed by atoms with Crippen molar-refractivity contribution < 1.29 is 42.1 Å². The quantitative estimate of drug-likeness (QED) is 0.289. The molecule has 0 N–H and O–H groups in total. The zero-order chi connectivity index (χ0) is 7.56. The Morgan fingerprint density at radius 3 is 1.86 bits per heavy atom. The Morgan fingerprint density at radius 1 is 1.14 bits per heavy atom. The molecule has 0 spiro atoms. The van der Waals surface area contributed by atoms with E-state index in [0.29, 0.717) is 5.56 Å². The SMILES string of the molecule is Cc1ccccc1[N+](=O)[O-].[Al+3].[Cl-].[Cl-].[Cl-]. The second kappa shape index (κ2) is 11.1. The van der Waals surface area contributed by atoms with E-state index in [1.807, 2.05) is 0 Å². The molecule has 0 fully saturated rings. The molecule has 76 valence electrons. The van der Waals surface area contributed by atoms with Crippen LogP contribution in [-0.2, 0) is 0 Å². The fourth-order valence-corrected chi connectivity index (χ4v) is 0.768. The van der Waals surface area contributed by atoms with Gasteiger partial charge >= 0.3 is 17.4 Å². The van der Waals surface area contributed by atoms with Crippen LogP contribution in [0.5, 0.6) is 0 Å². The molecule has 0 heterocycles. The van der Waals surface area contributed by atoms with Crippen LogP contribution in [0.25, 0.3) is 0 Å². The minimum atomic E-state index is -0.380. The number of rotatable bonds is 1. The number of hydrogen-bond acceptors (Lipinski definition) is 2. The number of nitrogens with zero attached hydrogens (tertiary/aromatic N) is 1. The topological polar surface area (TPSA) is 43.1 Å². The number of nitro benzene ring substituents is 1. The summed E-state index contributed by atoms with van der Waals surface area (Å²) < 4.78 is 0. The third kappa shape index (κ3) is 6.47. The molecule has 7 heteroatoms. The van der Waals surface area contributed by atoms with E-state index in [1.54, 1.807) is 25.1 Å². The zero-order valence-corrected chi connectivity index (χ0v) is 10.7. The zero-order valence-electron chi connectivity index (χ0n) is 7.28. The van der Waals surface area contributed by atoms with Crippen LogP contribution in [0.4, 0.5) is 5.69 Å². The minimum absolute atomic E-state index is 0. The summed E-state index contributed by atoms with van der Waals surface area (Å²) in [6, 6.07) is 6.65. The van der Waals surface area contributed by atoms with E-state index in [9.17, 15) is 10.1 Å². The molecule has 1 aromatic carbocycles. The Kier molecular flexibility index (Phi) is 18.8. The number of nitro groups is 1. The standard InChI is InChI=1S/C7H7NO2.Al.3ClH/c1-6-4-2-3-5-7(6)8(9)10;;;;/h2-5H,1H3;;3*1H/q;+3;;;/p-3. The van der Waals surface area contributed by atoms with Gasteiger partial charge < -0.3 is 37.2 Å². The largest absolute Gasteiger partial charge is 3.00 e. The van der Waals surface area contributed by atoms with Gasteiger partial charge in [0.2, 0.25) is 0 Å². The summed E-state index contributed by atoms with van der Waals surface area (Å²) in [6.45, 7) is 1.72. The van der Waals surface area contributed by atoms with Gasteiger partial charge in [-0.2, -0.15) is 0 Å². The van der Waals surface area contributed by atoms with Crippen LogP contribution < -0.4 is 37.2 Å². The fraction of sp³-hybridized carbons (Fsp3) is 0.143. The van der Waals surface area contributed by atoms with E-state index in [-0.39, 0.29) is 65.2 Å². The molecule has 1 rings (SSSR count). The van der Waals surface area contributed by atoms with Crippen molar-refractivity contribution in [3.05, 3.63) is 39.9 Å². The third-order valence-corrected chi connectivity index (χ3v) is 1.31. The van der Waals surface area contributed by atoms with Crippen molar-refractivity contribution in [1.82, 2.24) is 0 Å². The van der Waals surface area contributed by atoms with Gasteiger partial charge in [0, 0.05) is 11.6 Å². The molecular formula is C7H7AlCl3NO2. The van der Waals surface area contributed by atoms with Crippen molar-refractivity contribution in [2.75, 3.05) is 0 Å². The second-order valence-electron chi connectivity index (χ2n) is 2.04. The molecule has 0 amide bonds. The summed E-state index contributed by atoms with van der Waals surface area (Å²) in [5, 5.41) is 10.2. The number of halogens is 3. The van der Waals surface area contributed by atoms with Crippen molar-refractivity contribution in [2.24, 2.45) is 0 Å². The summed E-state index contributed by atoms with van der Waals surface area (Å²) in [7, 11) is 0. The molecule has 0 saturated heterocycles. The first-order valence-corrected chi connectivity index (χ1v) is 2.92. The van der Waals surface area contributed by atoms with Crippen LogP contribution in [0.1, 0.15) is 5.56 Å². The molecule has 0 aliphatic rings. The average Bonchev–Trinajstić information content (AvgIpc) is 1.88. The van der Waals surface area contributed by atoms with Crippen molar-refractivity contribution in [3.8, 4) is 0 Å². The number of benzene rings is 1. The van der Waals surface area contributed by atoms with Crippen LogP contribution in [-0.4, -0.2) is 22.3 Å². The summed E-state index contributed by atoms with van der Waals surface area (Å²) in [6.07, 6.45) is 0. The molecule has 0 saturated carbocycles. The van der Waals surface area contributed by atoms with E-state index in [2.05, 4.69) is 0 Å². The van der Waals surface area contributed by atoms with Gasteiger partial charge in [0.1, 0.15) is 0 Å². The third-order valence-electron chi connectivity index (χ3n) is 1.31. The molecule has 0 atom stereocenters. The smallest absolute Gasteiger partial charge is 1.00 e. The predicted octanol–water partition coefficient (Wildman–Crippen LogP) is -7.47. The number of aryl methyl sites for hydroxylation is 1. The van der Waals surface area contributed by atoms with Gasteiger partial charge in [0.25, 0.3) is 5.69 Å². The van der Waals surface area contributed by atoms with E-state index in [1.165, 1.54) is 6.07 Å². The van der Waals surface area contributed by atoms with Crippen LogP contribution in [0.15, 0.2) is 24.3 Å². The molecule has 14 heavy (non-hydrogen) atoms. The number of para-hydroxylation sites is 1. The molecule has 0 aliphatic heterocycles. The first kappa shape index (κ1) is 23.7. The van der Waals surface area contributed by atoms with Gasteiger partial charge in [-0.05, 0) is 6.92 Å².